The van der Waals surface area contributed by atoms with Crippen LogP contribution in [0, 0.1) is 21.7 Å². The minimum Gasteiger partial charge on any atom is -0.330 e. The highest BCUT2D eigenvalue weighted by Gasteiger charge is 2.28. The number of nitrogens with two attached hydrogens (primary N) is 2. The molecule has 1 rings (SSSR count). The highest BCUT2D eigenvalue weighted by molar-refractivity contribution is 5.23. The molecule has 0 aliphatic carbocycles. The van der Waals surface area contributed by atoms with Crippen molar-refractivity contribution in [2.75, 3.05) is 26.2 Å². The molecule has 0 spiro atoms. The SMILES string of the molecule is CC(C)(CN)CC(C)(C)CNCc1cccc(CNCC(C)(C)CC(C)(C)CN)c1. The average molecular weight is 419 g/mol. The summed E-state index contributed by atoms with van der Waals surface area (Å²) in [6.45, 7) is 23.5. The molecule has 1 aromatic rings. The quantitative estimate of drug-likeness (QED) is 0.354. The van der Waals surface area contributed by atoms with Crippen molar-refractivity contribution >= 4 is 0 Å². The molecule has 0 unspecified atom stereocenters. The van der Waals surface area contributed by atoms with Gasteiger partial charge in [-0.1, -0.05) is 79.7 Å². The molecule has 0 aliphatic heterocycles. The van der Waals surface area contributed by atoms with Crippen LogP contribution in [0.3, 0.4) is 0 Å². The molecule has 0 aliphatic rings. The van der Waals surface area contributed by atoms with Gasteiger partial charge < -0.3 is 22.1 Å². The lowest BCUT2D eigenvalue weighted by atomic mass is 9.75. The largest absolute Gasteiger partial charge is 0.330 e. The van der Waals surface area contributed by atoms with Gasteiger partial charge >= 0.3 is 0 Å². The van der Waals surface area contributed by atoms with Crippen LogP contribution in [0.15, 0.2) is 24.3 Å². The van der Waals surface area contributed by atoms with Crippen molar-refractivity contribution in [3.63, 3.8) is 0 Å². The summed E-state index contributed by atoms with van der Waals surface area (Å²) in [6, 6.07) is 8.90. The second kappa shape index (κ2) is 11.1. The van der Waals surface area contributed by atoms with Gasteiger partial charge in [0.05, 0.1) is 0 Å². The van der Waals surface area contributed by atoms with Crippen molar-refractivity contribution < 1.29 is 0 Å². The molecule has 0 aromatic heterocycles. The van der Waals surface area contributed by atoms with Crippen LogP contribution in [-0.4, -0.2) is 26.2 Å². The van der Waals surface area contributed by atoms with E-state index in [0.29, 0.717) is 0 Å². The molecule has 0 heterocycles. The van der Waals surface area contributed by atoms with Gasteiger partial charge in [0.2, 0.25) is 0 Å². The fraction of sp³-hybridized carbons (Fsp3) is 0.769. The summed E-state index contributed by atoms with van der Waals surface area (Å²) >= 11 is 0. The average Bonchev–Trinajstić information content (AvgIpc) is 2.60. The minimum atomic E-state index is 0.184. The Morgan fingerprint density at radius 3 is 1.33 bits per heavy atom. The van der Waals surface area contributed by atoms with Gasteiger partial charge in [-0.2, -0.15) is 0 Å². The molecule has 1 aromatic carbocycles. The van der Waals surface area contributed by atoms with E-state index >= 15 is 0 Å². The van der Waals surface area contributed by atoms with Crippen LogP contribution in [0.2, 0.25) is 0 Å². The van der Waals surface area contributed by atoms with Crippen LogP contribution < -0.4 is 22.1 Å². The van der Waals surface area contributed by atoms with Crippen LogP contribution in [0.1, 0.15) is 79.4 Å². The summed E-state index contributed by atoms with van der Waals surface area (Å²) in [6.07, 6.45) is 2.23. The van der Waals surface area contributed by atoms with E-state index in [2.05, 4.69) is 90.3 Å². The van der Waals surface area contributed by atoms with Gasteiger partial charge in [-0.05, 0) is 58.7 Å². The Hall–Kier alpha value is -0.940. The monoisotopic (exact) mass is 418 g/mol. The molecule has 4 heteroatoms. The molecule has 0 radical (unpaired) electrons. The Bertz CT molecular complexity index is 580. The van der Waals surface area contributed by atoms with Crippen LogP contribution in [-0.2, 0) is 13.1 Å². The van der Waals surface area contributed by atoms with E-state index in [0.717, 1.165) is 52.1 Å². The van der Waals surface area contributed by atoms with E-state index in [1.54, 1.807) is 0 Å². The van der Waals surface area contributed by atoms with Gasteiger partial charge in [0.15, 0.2) is 0 Å². The summed E-state index contributed by atoms with van der Waals surface area (Å²) in [5, 5.41) is 7.31. The Kier molecular flexibility index (Phi) is 10.0. The summed E-state index contributed by atoms with van der Waals surface area (Å²) in [5.41, 5.74) is 15.3. The van der Waals surface area contributed by atoms with Crippen LogP contribution in [0.5, 0.6) is 0 Å². The van der Waals surface area contributed by atoms with Gasteiger partial charge in [0.25, 0.3) is 0 Å². The predicted octanol–water partition coefficient (Wildman–Crippen LogP) is 4.67. The first kappa shape index (κ1) is 27.1. The second-order valence-electron chi connectivity index (χ2n) is 12.4. The molecule has 0 saturated carbocycles. The number of rotatable bonds is 14. The zero-order valence-electron chi connectivity index (χ0n) is 21.1. The predicted molar refractivity (Wildman–Crippen MR) is 132 cm³/mol. The fourth-order valence-corrected chi connectivity index (χ4v) is 4.80. The van der Waals surface area contributed by atoms with E-state index in [9.17, 15) is 0 Å². The Morgan fingerprint density at radius 1 is 0.633 bits per heavy atom. The lowest BCUT2D eigenvalue weighted by Crippen LogP contribution is -2.36. The molecule has 174 valence electrons. The highest BCUT2D eigenvalue weighted by Crippen LogP contribution is 2.33. The standard InChI is InChI=1S/C26H50N4/c1-23(2,17-27)15-25(5,6)19-29-13-21-10-9-11-22(12-21)14-30-20-26(7,8)16-24(3,4)18-28/h9-12,29-30H,13-20,27-28H2,1-8H3. The zero-order chi connectivity index (χ0) is 23.1. The molecule has 0 fully saturated rings. The van der Waals surface area contributed by atoms with Gasteiger partial charge in [0, 0.05) is 26.2 Å². The lowest BCUT2D eigenvalue weighted by molar-refractivity contribution is 0.195. The Morgan fingerprint density at radius 2 is 1.00 bits per heavy atom. The third kappa shape index (κ3) is 10.9. The van der Waals surface area contributed by atoms with Gasteiger partial charge in [-0.25, -0.2) is 0 Å². The first-order valence-electron chi connectivity index (χ1n) is 11.6. The maximum atomic E-state index is 5.92. The zero-order valence-corrected chi connectivity index (χ0v) is 21.1. The summed E-state index contributed by atoms with van der Waals surface area (Å²) in [5.74, 6) is 0. The van der Waals surface area contributed by atoms with Crippen molar-refractivity contribution in [2.24, 2.45) is 33.1 Å². The maximum Gasteiger partial charge on any atom is 0.0205 e. The van der Waals surface area contributed by atoms with E-state index in [-0.39, 0.29) is 21.7 Å². The van der Waals surface area contributed by atoms with Crippen LogP contribution in [0.25, 0.3) is 0 Å². The van der Waals surface area contributed by atoms with Crippen molar-refractivity contribution in [3.8, 4) is 0 Å². The van der Waals surface area contributed by atoms with Crippen molar-refractivity contribution in [3.05, 3.63) is 35.4 Å². The van der Waals surface area contributed by atoms with Crippen molar-refractivity contribution in [2.45, 2.75) is 81.3 Å². The minimum absolute atomic E-state index is 0.184. The number of nitrogens with one attached hydrogen (secondary N) is 2. The van der Waals surface area contributed by atoms with Crippen LogP contribution in [0.4, 0.5) is 0 Å². The number of hydrogen-bond acceptors (Lipinski definition) is 4. The van der Waals surface area contributed by atoms with Crippen molar-refractivity contribution in [1.82, 2.24) is 10.6 Å². The van der Waals surface area contributed by atoms with E-state index in [1.807, 2.05) is 0 Å². The topological polar surface area (TPSA) is 76.1 Å². The lowest BCUT2D eigenvalue weighted by Gasteiger charge is -2.34. The molecule has 4 nitrogen and oxygen atoms in total. The summed E-state index contributed by atoms with van der Waals surface area (Å²) in [4.78, 5) is 0. The van der Waals surface area contributed by atoms with Gasteiger partial charge in [0.1, 0.15) is 0 Å². The summed E-state index contributed by atoms with van der Waals surface area (Å²) in [7, 11) is 0. The molecule has 6 N–H and O–H groups in total. The van der Waals surface area contributed by atoms with Crippen molar-refractivity contribution in [1.29, 1.82) is 0 Å². The molecule has 30 heavy (non-hydrogen) atoms. The summed E-state index contributed by atoms with van der Waals surface area (Å²) < 4.78 is 0. The molecular weight excluding hydrogens is 368 g/mol. The first-order valence-corrected chi connectivity index (χ1v) is 11.6. The normalized spacial score (nSPS) is 13.7. The number of benzene rings is 1. The maximum absolute atomic E-state index is 5.92. The van der Waals surface area contributed by atoms with E-state index in [4.69, 9.17) is 11.5 Å². The number of hydrogen-bond donors (Lipinski definition) is 4. The Labute approximate surface area is 187 Å². The molecule has 0 amide bonds. The first-order chi connectivity index (χ1) is 13.7. The third-order valence-corrected chi connectivity index (χ3v) is 5.88. The van der Waals surface area contributed by atoms with Gasteiger partial charge in [-0.3, -0.25) is 0 Å². The molecule has 0 bridgehead atoms. The highest BCUT2D eigenvalue weighted by atomic mass is 14.9. The van der Waals surface area contributed by atoms with Crippen LogP contribution >= 0.6 is 0 Å². The second-order valence-corrected chi connectivity index (χ2v) is 12.4. The smallest absolute Gasteiger partial charge is 0.0205 e. The Balaban J connectivity index is 2.50. The molecule has 0 atom stereocenters. The molecular formula is C26H50N4. The van der Waals surface area contributed by atoms with E-state index < -0.39 is 0 Å². The van der Waals surface area contributed by atoms with E-state index in [1.165, 1.54) is 11.1 Å². The fourth-order valence-electron chi connectivity index (χ4n) is 4.80. The third-order valence-electron chi connectivity index (χ3n) is 5.88. The molecule has 0 saturated heterocycles. The van der Waals surface area contributed by atoms with Gasteiger partial charge in [-0.15, -0.1) is 0 Å².